The summed E-state index contributed by atoms with van der Waals surface area (Å²) in [6.45, 7) is 0.490. The van der Waals surface area contributed by atoms with Crippen LogP contribution in [0.15, 0.2) is 24.3 Å². The smallest absolute Gasteiger partial charge is 0.387 e. The van der Waals surface area contributed by atoms with E-state index in [0.29, 0.717) is 6.04 Å². The van der Waals surface area contributed by atoms with E-state index in [2.05, 4.69) is 15.0 Å². The van der Waals surface area contributed by atoms with Crippen molar-refractivity contribution < 1.29 is 13.5 Å². The maximum Gasteiger partial charge on any atom is 0.387 e. The standard InChI is InChI=1S/C16H22F2N2O/c17-16(18)21-15-5-3-12(4-6-15)11-19-13-7-9-20-8-1-2-14(20)10-13/h3-6,13-14,16,19H,1-2,7-11H2. The Bertz CT molecular complexity index is 452. The number of piperidine rings is 1. The monoisotopic (exact) mass is 296 g/mol. The van der Waals surface area contributed by atoms with E-state index >= 15 is 0 Å². The summed E-state index contributed by atoms with van der Waals surface area (Å²) >= 11 is 0. The van der Waals surface area contributed by atoms with E-state index in [9.17, 15) is 8.78 Å². The third kappa shape index (κ3) is 3.92. The van der Waals surface area contributed by atoms with Gasteiger partial charge in [-0.1, -0.05) is 12.1 Å². The second kappa shape index (κ2) is 6.71. The maximum absolute atomic E-state index is 12.1. The summed E-state index contributed by atoms with van der Waals surface area (Å²) in [7, 11) is 0. The first-order valence-corrected chi connectivity index (χ1v) is 7.72. The molecule has 1 N–H and O–H groups in total. The molecule has 0 bridgehead atoms. The van der Waals surface area contributed by atoms with Crippen molar-refractivity contribution >= 4 is 0 Å². The zero-order chi connectivity index (χ0) is 14.7. The molecular weight excluding hydrogens is 274 g/mol. The zero-order valence-corrected chi connectivity index (χ0v) is 12.1. The van der Waals surface area contributed by atoms with Gasteiger partial charge in [-0.15, -0.1) is 0 Å². The molecule has 3 nitrogen and oxygen atoms in total. The van der Waals surface area contributed by atoms with E-state index in [1.165, 1.54) is 38.8 Å². The summed E-state index contributed by atoms with van der Waals surface area (Å²) in [6, 6.07) is 8.22. The van der Waals surface area contributed by atoms with Gasteiger partial charge in [-0.05, 0) is 56.5 Å². The normalized spacial score (nSPS) is 26.0. The van der Waals surface area contributed by atoms with E-state index in [1.807, 2.05) is 12.1 Å². The Morgan fingerprint density at radius 3 is 2.76 bits per heavy atom. The molecule has 2 aliphatic rings. The van der Waals surface area contributed by atoms with Crippen LogP contribution in [0.1, 0.15) is 31.2 Å². The lowest BCUT2D eigenvalue weighted by Gasteiger charge is -2.35. The quantitative estimate of drug-likeness (QED) is 0.904. The fourth-order valence-corrected chi connectivity index (χ4v) is 3.46. The lowest BCUT2D eigenvalue weighted by molar-refractivity contribution is -0.0498. The van der Waals surface area contributed by atoms with Gasteiger partial charge < -0.3 is 15.0 Å². The Hall–Kier alpha value is -1.20. The van der Waals surface area contributed by atoms with Gasteiger partial charge >= 0.3 is 6.61 Å². The van der Waals surface area contributed by atoms with E-state index in [-0.39, 0.29) is 5.75 Å². The van der Waals surface area contributed by atoms with Crippen molar-refractivity contribution in [2.24, 2.45) is 0 Å². The molecule has 0 aromatic heterocycles. The fraction of sp³-hybridized carbons (Fsp3) is 0.625. The molecule has 2 atom stereocenters. The second-order valence-corrected chi connectivity index (χ2v) is 5.96. The first-order chi connectivity index (χ1) is 10.2. The van der Waals surface area contributed by atoms with Crippen molar-refractivity contribution in [3.05, 3.63) is 29.8 Å². The van der Waals surface area contributed by atoms with Gasteiger partial charge in [0.15, 0.2) is 0 Å². The molecule has 2 saturated heterocycles. The van der Waals surface area contributed by atoms with E-state index in [0.717, 1.165) is 18.2 Å². The van der Waals surface area contributed by atoms with Gasteiger partial charge in [0.2, 0.25) is 0 Å². The largest absolute Gasteiger partial charge is 0.435 e. The summed E-state index contributed by atoms with van der Waals surface area (Å²) in [6.07, 6.45) is 5.09. The number of halogens is 2. The minimum atomic E-state index is -2.76. The predicted molar refractivity (Wildman–Crippen MR) is 77.5 cm³/mol. The van der Waals surface area contributed by atoms with Crippen molar-refractivity contribution in [2.45, 2.75) is 50.9 Å². The summed E-state index contributed by atoms with van der Waals surface area (Å²) in [5, 5.41) is 3.60. The number of nitrogens with zero attached hydrogens (tertiary/aromatic N) is 1. The number of hydrogen-bond donors (Lipinski definition) is 1. The van der Waals surface area contributed by atoms with Crippen molar-refractivity contribution in [1.29, 1.82) is 0 Å². The van der Waals surface area contributed by atoms with Gasteiger partial charge in [-0.2, -0.15) is 8.78 Å². The first kappa shape index (κ1) is 14.7. The van der Waals surface area contributed by atoms with Gasteiger partial charge in [0.25, 0.3) is 0 Å². The van der Waals surface area contributed by atoms with Crippen LogP contribution in [0.2, 0.25) is 0 Å². The van der Waals surface area contributed by atoms with Crippen molar-refractivity contribution in [3.8, 4) is 5.75 Å². The number of benzene rings is 1. The topological polar surface area (TPSA) is 24.5 Å². The molecule has 2 heterocycles. The average molecular weight is 296 g/mol. The molecule has 3 rings (SSSR count). The Kier molecular flexibility index (Phi) is 4.70. The van der Waals surface area contributed by atoms with Crippen LogP contribution in [0, 0.1) is 0 Å². The molecule has 2 aliphatic heterocycles. The van der Waals surface area contributed by atoms with E-state index in [4.69, 9.17) is 0 Å². The summed E-state index contributed by atoms with van der Waals surface area (Å²) < 4.78 is 28.5. The number of rotatable bonds is 5. The van der Waals surface area contributed by atoms with Gasteiger partial charge in [0, 0.05) is 18.6 Å². The van der Waals surface area contributed by atoms with Gasteiger partial charge in [-0.25, -0.2) is 0 Å². The molecule has 0 radical (unpaired) electrons. The van der Waals surface area contributed by atoms with E-state index < -0.39 is 6.61 Å². The lowest BCUT2D eigenvalue weighted by atomic mass is 9.97. The molecule has 5 heteroatoms. The van der Waals surface area contributed by atoms with Crippen LogP contribution >= 0.6 is 0 Å². The summed E-state index contributed by atoms with van der Waals surface area (Å²) in [5.41, 5.74) is 1.10. The molecule has 2 fully saturated rings. The maximum atomic E-state index is 12.1. The second-order valence-electron chi connectivity index (χ2n) is 5.96. The molecule has 0 saturated carbocycles. The van der Waals surface area contributed by atoms with Gasteiger partial charge in [0.05, 0.1) is 0 Å². The summed E-state index contributed by atoms with van der Waals surface area (Å²) in [5.74, 6) is 0.216. The molecule has 116 valence electrons. The molecular formula is C16H22F2N2O. The van der Waals surface area contributed by atoms with Gasteiger partial charge in [-0.3, -0.25) is 0 Å². The third-order valence-corrected chi connectivity index (χ3v) is 4.56. The zero-order valence-electron chi connectivity index (χ0n) is 12.1. The van der Waals surface area contributed by atoms with Crippen molar-refractivity contribution in [2.75, 3.05) is 13.1 Å². The highest BCUT2D eigenvalue weighted by Crippen LogP contribution is 2.27. The van der Waals surface area contributed by atoms with Crippen LogP contribution in [0.25, 0.3) is 0 Å². The predicted octanol–water partition coefficient (Wildman–Crippen LogP) is 3.00. The lowest BCUT2D eigenvalue weighted by Crippen LogP contribution is -2.45. The number of fused-ring (bicyclic) bond motifs is 1. The molecule has 0 spiro atoms. The molecule has 0 amide bonds. The number of hydrogen-bond acceptors (Lipinski definition) is 3. The number of ether oxygens (including phenoxy) is 1. The SMILES string of the molecule is FC(F)Oc1ccc(CNC2CCN3CCCC3C2)cc1. The van der Waals surface area contributed by atoms with Crippen molar-refractivity contribution in [1.82, 2.24) is 10.2 Å². The Labute approximate surface area is 124 Å². The Morgan fingerprint density at radius 2 is 2.00 bits per heavy atom. The van der Waals surface area contributed by atoms with Crippen LogP contribution in [0.4, 0.5) is 8.78 Å². The third-order valence-electron chi connectivity index (χ3n) is 4.56. The minimum absolute atomic E-state index is 0.216. The van der Waals surface area contributed by atoms with Crippen LogP contribution in [0.3, 0.4) is 0 Å². The van der Waals surface area contributed by atoms with Crippen LogP contribution in [0.5, 0.6) is 5.75 Å². The molecule has 2 unspecified atom stereocenters. The first-order valence-electron chi connectivity index (χ1n) is 7.72. The highest BCUT2D eigenvalue weighted by Gasteiger charge is 2.31. The molecule has 21 heavy (non-hydrogen) atoms. The number of nitrogens with one attached hydrogen (secondary N) is 1. The van der Waals surface area contributed by atoms with Gasteiger partial charge in [0.1, 0.15) is 5.75 Å². The van der Waals surface area contributed by atoms with Crippen molar-refractivity contribution in [3.63, 3.8) is 0 Å². The molecule has 0 aliphatic carbocycles. The highest BCUT2D eigenvalue weighted by molar-refractivity contribution is 5.27. The Balaban J connectivity index is 1.46. The van der Waals surface area contributed by atoms with Crippen LogP contribution in [-0.4, -0.2) is 36.7 Å². The Morgan fingerprint density at radius 1 is 1.19 bits per heavy atom. The number of alkyl halides is 2. The summed E-state index contributed by atoms with van der Waals surface area (Å²) in [4.78, 5) is 2.61. The van der Waals surface area contributed by atoms with Crippen LogP contribution < -0.4 is 10.1 Å². The highest BCUT2D eigenvalue weighted by atomic mass is 19.3. The van der Waals surface area contributed by atoms with E-state index in [1.54, 1.807) is 12.1 Å². The average Bonchev–Trinajstić information content (AvgIpc) is 2.93. The molecule has 1 aromatic rings. The van der Waals surface area contributed by atoms with Crippen LogP contribution in [-0.2, 0) is 6.54 Å². The minimum Gasteiger partial charge on any atom is -0.435 e. The fourth-order valence-electron chi connectivity index (χ4n) is 3.46. The molecule has 1 aromatic carbocycles.